The lowest BCUT2D eigenvalue weighted by Gasteiger charge is -2.16. The molecule has 24 heavy (non-hydrogen) atoms. The molecule has 2 N–H and O–H groups in total. The Morgan fingerprint density at radius 3 is 2.50 bits per heavy atom. The first-order chi connectivity index (χ1) is 11.4. The van der Waals surface area contributed by atoms with Crippen molar-refractivity contribution < 1.29 is 17.9 Å². The van der Waals surface area contributed by atoms with E-state index in [0.29, 0.717) is 5.75 Å². The first-order valence-electron chi connectivity index (χ1n) is 8.05. The number of benzene rings is 1. The Morgan fingerprint density at radius 2 is 1.92 bits per heavy atom. The molecule has 1 aliphatic carbocycles. The maximum Gasteiger partial charge on any atom is 0.241 e. The fourth-order valence-electron chi connectivity index (χ4n) is 2.76. The molecule has 1 aliphatic rings. The highest BCUT2D eigenvalue weighted by molar-refractivity contribution is 7.89. The Kier molecular flexibility index (Phi) is 6.89. The summed E-state index contributed by atoms with van der Waals surface area (Å²) in [5, 5.41) is 3.10. The molecule has 0 radical (unpaired) electrons. The average molecular weight is 375 g/mol. The van der Waals surface area contributed by atoms with Crippen LogP contribution in [0.4, 0.5) is 0 Å². The van der Waals surface area contributed by atoms with Gasteiger partial charge in [-0.25, -0.2) is 13.1 Å². The van der Waals surface area contributed by atoms with E-state index >= 15 is 0 Å². The van der Waals surface area contributed by atoms with Crippen LogP contribution >= 0.6 is 11.6 Å². The molecule has 1 amide bonds. The van der Waals surface area contributed by atoms with Crippen molar-refractivity contribution in [1.82, 2.24) is 10.0 Å². The summed E-state index contributed by atoms with van der Waals surface area (Å²) in [6, 6.07) is 4.30. The predicted octanol–water partition coefficient (Wildman–Crippen LogP) is 2.47. The molecule has 1 aromatic rings. The van der Waals surface area contributed by atoms with Crippen LogP contribution < -0.4 is 14.8 Å². The lowest BCUT2D eigenvalue weighted by Crippen LogP contribution is -2.41. The van der Waals surface area contributed by atoms with Crippen LogP contribution in [0, 0.1) is 0 Å². The van der Waals surface area contributed by atoms with Crippen molar-refractivity contribution in [1.29, 1.82) is 0 Å². The SMILES string of the molecule is COc1ccc(S(=O)(=O)NCC(=O)NC2CCCCCC2)cc1Cl. The summed E-state index contributed by atoms with van der Waals surface area (Å²) in [4.78, 5) is 12.0. The molecule has 0 bridgehead atoms. The molecule has 134 valence electrons. The molecule has 0 unspecified atom stereocenters. The van der Waals surface area contributed by atoms with Crippen LogP contribution in [-0.2, 0) is 14.8 Å². The van der Waals surface area contributed by atoms with Gasteiger partial charge in [0.1, 0.15) is 5.75 Å². The lowest BCUT2D eigenvalue weighted by atomic mass is 10.1. The third kappa shape index (κ3) is 5.36. The molecule has 0 aromatic heterocycles. The molecule has 0 aliphatic heterocycles. The minimum atomic E-state index is -3.80. The van der Waals surface area contributed by atoms with Gasteiger partial charge in [0.25, 0.3) is 0 Å². The highest BCUT2D eigenvalue weighted by Crippen LogP contribution is 2.26. The summed E-state index contributed by atoms with van der Waals surface area (Å²) < 4.78 is 31.8. The second-order valence-electron chi connectivity index (χ2n) is 5.88. The molecule has 8 heteroatoms. The number of nitrogens with one attached hydrogen (secondary N) is 2. The fraction of sp³-hybridized carbons (Fsp3) is 0.562. The quantitative estimate of drug-likeness (QED) is 0.749. The van der Waals surface area contributed by atoms with E-state index in [-0.39, 0.29) is 28.4 Å². The summed E-state index contributed by atoms with van der Waals surface area (Å²) in [7, 11) is -2.35. The molecule has 1 saturated carbocycles. The zero-order chi connectivity index (χ0) is 17.6. The third-order valence-electron chi connectivity index (χ3n) is 4.08. The van der Waals surface area contributed by atoms with Crippen LogP contribution in [0.15, 0.2) is 23.1 Å². The van der Waals surface area contributed by atoms with Gasteiger partial charge < -0.3 is 10.1 Å². The average Bonchev–Trinajstić information content (AvgIpc) is 2.81. The van der Waals surface area contributed by atoms with Gasteiger partial charge >= 0.3 is 0 Å². The number of methoxy groups -OCH3 is 1. The molecule has 0 saturated heterocycles. The zero-order valence-corrected chi connectivity index (χ0v) is 15.3. The van der Waals surface area contributed by atoms with E-state index < -0.39 is 10.0 Å². The number of sulfonamides is 1. The zero-order valence-electron chi connectivity index (χ0n) is 13.7. The summed E-state index contributed by atoms with van der Waals surface area (Å²) in [6.45, 7) is -0.289. The van der Waals surface area contributed by atoms with Gasteiger partial charge in [0, 0.05) is 6.04 Å². The Bertz CT molecular complexity index is 671. The van der Waals surface area contributed by atoms with Crippen molar-refractivity contribution in [3.63, 3.8) is 0 Å². The van der Waals surface area contributed by atoms with Crippen LogP contribution in [-0.4, -0.2) is 34.0 Å². The summed E-state index contributed by atoms with van der Waals surface area (Å²) in [5.41, 5.74) is 0. The lowest BCUT2D eigenvalue weighted by molar-refractivity contribution is -0.120. The second-order valence-corrected chi connectivity index (χ2v) is 8.05. The number of carbonyl (C=O) groups excluding carboxylic acids is 1. The number of amides is 1. The van der Waals surface area contributed by atoms with Crippen molar-refractivity contribution in [3.8, 4) is 5.75 Å². The van der Waals surface area contributed by atoms with Crippen molar-refractivity contribution >= 4 is 27.5 Å². The van der Waals surface area contributed by atoms with Gasteiger partial charge in [-0.2, -0.15) is 0 Å². The normalized spacial score (nSPS) is 16.4. The largest absolute Gasteiger partial charge is 0.495 e. The van der Waals surface area contributed by atoms with Gasteiger partial charge in [0.05, 0.1) is 23.6 Å². The van der Waals surface area contributed by atoms with Crippen molar-refractivity contribution in [2.75, 3.05) is 13.7 Å². The molecule has 1 fully saturated rings. The Balaban J connectivity index is 1.91. The Morgan fingerprint density at radius 1 is 1.25 bits per heavy atom. The van der Waals surface area contributed by atoms with E-state index in [4.69, 9.17) is 16.3 Å². The standard InChI is InChI=1S/C16H23ClN2O4S/c1-23-15-9-8-13(10-14(15)17)24(21,22)18-11-16(20)19-12-6-4-2-3-5-7-12/h8-10,12,18H,2-7,11H2,1H3,(H,19,20). The van der Waals surface area contributed by atoms with Crippen molar-refractivity contribution in [2.45, 2.75) is 49.5 Å². The van der Waals surface area contributed by atoms with E-state index in [9.17, 15) is 13.2 Å². The van der Waals surface area contributed by atoms with Crippen LogP contribution in [0.3, 0.4) is 0 Å². The minimum Gasteiger partial charge on any atom is -0.495 e. The number of rotatable bonds is 6. The summed E-state index contributed by atoms with van der Waals surface area (Å²) in [6.07, 6.45) is 6.48. The summed E-state index contributed by atoms with van der Waals surface area (Å²) >= 11 is 5.95. The number of ether oxygens (including phenoxy) is 1. The molecule has 6 nitrogen and oxygen atoms in total. The second kappa shape index (κ2) is 8.69. The van der Waals surface area contributed by atoms with E-state index in [1.165, 1.54) is 38.2 Å². The first-order valence-corrected chi connectivity index (χ1v) is 9.91. The number of carbonyl (C=O) groups is 1. The van der Waals surface area contributed by atoms with Crippen LogP contribution in [0.2, 0.25) is 5.02 Å². The predicted molar refractivity (Wildman–Crippen MR) is 92.8 cm³/mol. The molecule has 0 heterocycles. The van der Waals surface area contributed by atoms with Gasteiger partial charge in [-0.3, -0.25) is 4.79 Å². The fourth-order valence-corrected chi connectivity index (χ4v) is 4.09. The van der Waals surface area contributed by atoms with E-state index in [1.54, 1.807) is 0 Å². The van der Waals surface area contributed by atoms with Crippen LogP contribution in [0.25, 0.3) is 0 Å². The van der Waals surface area contributed by atoms with Gasteiger partial charge in [0.15, 0.2) is 0 Å². The minimum absolute atomic E-state index is 0.00411. The van der Waals surface area contributed by atoms with Gasteiger partial charge in [-0.15, -0.1) is 0 Å². The molecular weight excluding hydrogens is 352 g/mol. The highest BCUT2D eigenvalue weighted by atomic mass is 35.5. The van der Waals surface area contributed by atoms with Gasteiger partial charge in [-0.05, 0) is 31.0 Å². The molecular formula is C16H23ClN2O4S. The highest BCUT2D eigenvalue weighted by Gasteiger charge is 2.19. The topological polar surface area (TPSA) is 84.5 Å². The third-order valence-corrected chi connectivity index (χ3v) is 5.77. The molecule has 2 rings (SSSR count). The van der Waals surface area contributed by atoms with E-state index in [0.717, 1.165) is 25.7 Å². The number of halogens is 1. The number of hydrogen-bond donors (Lipinski definition) is 2. The van der Waals surface area contributed by atoms with E-state index in [2.05, 4.69) is 10.0 Å². The van der Waals surface area contributed by atoms with Crippen molar-refractivity contribution in [2.24, 2.45) is 0 Å². The molecule has 1 aromatic carbocycles. The van der Waals surface area contributed by atoms with Crippen molar-refractivity contribution in [3.05, 3.63) is 23.2 Å². The van der Waals surface area contributed by atoms with Crippen LogP contribution in [0.5, 0.6) is 5.75 Å². The maximum absolute atomic E-state index is 12.2. The van der Waals surface area contributed by atoms with Gasteiger partial charge in [-0.1, -0.05) is 37.3 Å². The molecule has 0 atom stereocenters. The Hall–Kier alpha value is -1.31. The first kappa shape index (κ1) is 19.0. The maximum atomic E-state index is 12.2. The molecule has 0 spiro atoms. The van der Waals surface area contributed by atoms with E-state index in [1.807, 2.05) is 0 Å². The smallest absolute Gasteiger partial charge is 0.241 e. The Labute approximate surface area is 148 Å². The monoisotopic (exact) mass is 374 g/mol. The van der Waals surface area contributed by atoms with Crippen LogP contribution in [0.1, 0.15) is 38.5 Å². The van der Waals surface area contributed by atoms with Gasteiger partial charge in [0.2, 0.25) is 15.9 Å². The summed E-state index contributed by atoms with van der Waals surface area (Å²) in [5.74, 6) is 0.0757. The number of hydrogen-bond acceptors (Lipinski definition) is 4.